The molecule has 214 valence electrons. The van der Waals surface area contributed by atoms with Crippen molar-refractivity contribution in [2.45, 2.75) is 161 Å². The first kappa shape index (κ1) is 35.2. The molecule has 0 bridgehead atoms. The number of unbranched alkanes of at least 4 members (excludes halogenated alkanes) is 18. The van der Waals surface area contributed by atoms with Gasteiger partial charge in [-0.2, -0.15) is 12.6 Å². The molecule has 0 spiro atoms. The lowest BCUT2D eigenvalue weighted by molar-refractivity contribution is -0.173. The Kier molecular flexibility index (Phi) is 25.3. The summed E-state index contributed by atoms with van der Waals surface area (Å²) < 4.78 is 10.6. The van der Waals surface area contributed by atoms with Crippen molar-refractivity contribution >= 4 is 24.6 Å². The predicted octanol–water partition coefficient (Wildman–Crippen LogP) is 8.36. The van der Waals surface area contributed by atoms with Crippen molar-refractivity contribution in [1.29, 1.82) is 0 Å². The van der Waals surface area contributed by atoms with Crippen LogP contribution in [0, 0.1) is 0 Å². The molecule has 36 heavy (non-hydrogen) atoms. The van der Waals surface area contributed by atoms with Gasteiger partial charge in [-0.1, -0.05) is 129 Å². The lowest BCUT2D eigenvalue weighted by Gasteiger charge is -2.24. The molecule has 0 saturated heterocycles. The standard InChI is InChI=1S/C30H58O5S/c1-3-5-7-9-11-13-15-17-19-21-24-34-28(31)27-30(33,23-26-36)29(32)35-25-22-20-18-16-14-12-10-8-6-4-2/h33,36H,3-27H2,1-2H3. The van der Waals surface area contributed by atoms with Gasteiger partial charge in [0.2, 0.25) is 0 Å². The molecule has 1 N–H and O–H groups in total. The van der Waals surface area contributed by atoms with Crippen molar-refractivity contribution in [3.8, 4) is 0 Å². The van der Waals surface area contributed by atoms with Gasteiger partial charge >= 0.3 is 11.9 Å². The average Bonchev–Trinajstić information content (AvgIpc) is 2.85. The van der Waals surface area contributed by atoms with Crippen LogP contribution >= 0.6 is 12.6 Å². The number of ether oxygens (including phenoxy) is 2. The number of carbonyl (C=O) groups excluding carboxylic acids is 2. The zero-order valence-electron chi connectivity index (χ0n) is 23.7. The number of hydrogen-bond acceptors (Lipinski definition) is 6. The zero-order chi connectivity index (χ0) is 26.7. The van der Waals surface area contributed by atoms with E-state index in [2.05, 4.69) is 26.5 Å². The second-order valence-corrected chi connectivity index (χ2v) is 10.8. The van der Waals surface area contributed by atoms with Gasteiger partial charge < -0.3 is 14.6 Å². The smallest absolute Gasteiger partial charge is 0.338 e. The summed E-state index contributed by atoms with van der Waals surface area (Å²) in [5, 5.41) is 10.8. The van der Waals surface area contributed by atoms with Gasteiger partial charge in [-0.25, -0.2) is 4.79 Å². The van der Waals surface area contributed by atoms with E-state index in [0.717, 1.165) is 38.5 Å². The van der Waals surface area contributed by atoms with Crippen LogP contribution in [0.15, 0.2) is 0 Å². The van der Waals surface area contributed by atoms with E-state index < -0.39 is 17.5 Å². The molecule has 0 aromatic heterocycles. The predicted molar refractivity (Wildman–Crippen MR) is 154 cm³/mol. The van der Waals surface area contributed by atoms with Crippen LogP contribution < -0.4 is 0 Å². The van der Waals surface area contributed by atoms with E-state index in [1.54, 1.807) is 0 Å². The Bertz CT molecular complexity index is 514. The summed E-state index contributed by atoms with van der Waals surface area (Å²) in [6.45, 7) is 5.08. The van der Waals surface area contributed by atoms with E-state index in [1.165, 1.54) is 89.9 Å². The van der Waals surface area contributed by atoms with Crippen LogP contribution in [0.25, 0.3) is 0 Å². The summed E-state index contributed by atoms with van der Waals surface area (Å²) in [5.41, 5.74) is -1.85. The van der Waals surface area contributed by atoms with Gasteiger partial charge in [0.15, 0.2) is 5.60 Å². The Hall–Kier alpha value is -0.750. The molecule has 1 atom stereocenters. The van der Waals surface area contributed by atoms with Crippen molar-refractivity contribution in [3.05, 3.63) is 0 Å². The fourth-order valence-corrected chi connectivity index (χ4v) is 4.77. The summed E-state index contributed by atoms with van der Waals surface area (Å²) in [5.74, 6) is -0.996. The third-order valence-electron chi connectivity index (χ3n) is 6.83. The number of thiol groups is 1. The molecule has 6 heteroatoms. The van der Waals surface area contributed by atoms with Crippen molar-refractivity contribution in [2.75, 3.05) is 19.0 Å². The van der Waals surface area contributed by atoms with Crippen LogP contribution in [0.4, 0.5) is 0 Å². The number of hydrogen-bond donors (Lipinski definition) is 2. The third kappa shape index (κ3) is 21.3. The Morgan fingerprint density at radius 1 is 0.611 bits per heavy atom. The van der Waals surface area contributed by atoms with Crippen LogP contribution in [0.3, 0.4) is 0 Å². The quantitative estimate of drug-likeness (QED) is 0.0634. The highest BCUT2D eigenvalue weighted by Gasteiger charge is 2.39. The summed E-state index contributed by atoms with van der Waals surface area (Å²) in [4.78, 5) is 24.7. The first-order chi connectivity index (χ1) is 17.5. The van der Waals surface area contributed by atoms with Crippen LogP contribution in [0.5, 0.6) is 0 Å². The fraction of sp³-hybridized carbons (Fsp3) is 0.933. The summed E-state index contributed by atoms with van der Waals surface area (Å²) in [7, 11) is 0. The van der Waals surface area contributed by atoms with Gasteiger partial charge in [0.1, 0.15) is 0 Å². The zero-order valence-corrected chi connectivity index (χ0v) is 24.6. The summed E-state index contributed by atoms with van der Waals surface area (Å²) in [6.07, 6.45) is 23.8. The van der Waals surface area contributed by atoms with Crippen LogP contribution in [-0.2, 0) is 19.1 Å². The SMILES string of the molecule is CCCCCCCCCCCCOC(=O)CC(O)(CCS)C(=O)OCCCCCCCCCCCC. The normalized spacial score (nSPS) is 12.9. The largest absolute Gasteiger partial charge is 0.466 e. The van der Waals surface area contributed by atoms with E-state index in [4.69, 9.17) is 9.47 Å². The Balaban J connectivity index is 3.90. The van der Waals surface area contributed by atoms with Crippen LogP contribution in [0.2, 0.25) is 0 Å². The Morgan fingerprint density at radius 2 is 0.972 bits per heavy atom. The molecule has 0 heterocycles. The van der Waals surface area contributed by atoms with Gasteiger partial charge in [-0.15, -0.1) is 0 Å². The molecule has 1 unspecified atom stereocenters. The van der Waals surface area contributed by atoms with E-state index in [1.807, 2.05) is 0 Å². The highest BCUT2D eigenvalue weighted by Crippen LogP contribution is 2.20. The van der Waals surface area contributed by atoms with Crippen LogP contribution in [-0.4, -0.2) is 41.6 Å². The molecule has 0 aromatic carbocycles. The molecule has 0 aliphatic heterocycles. The molecular formula is C30H58O5S. The molecule has 5 nitrogen and oxygen atoms in total. The number of esters is 2. The minimum atomic E-state index is -1.85. The Labute approximate surface area is 228 Å². The first-order valence-corrected chi connectivity index (χ1v) is 15.8. The second-order valence-electron chi connectivity index (χ2n) is 10.4. The first-order valence-electron chi connectivity index (χ1n) is 15.2. The van der Waals surface area contributed by atoms with Crippen molar-refractivity contribution in [2.24, 2.45) is 0 Å². The van der Waals surface area contributed by atoms with Crippen molar-refractivity contribution in [1.82, 2.24) is 0 Å². The molecule has 0 aromatic rings. The monoisotopic (exact) mass is 530 g/mol. The maximum atomic E-state index is 12.5. The van der Waals surface area contributed by atoms with Gasteiger partial charge in [0.05, 0.1) is 19.6 Å². The topological polar surface area (TPSA) is 72.8 Å². The van der Waals surface area contributed by atoms with Crippen molar-refractivity contribution < 1.29 is 24.2 Å². The molecule has 0 aliphatic rings. The molecule has 0 radical (unpaired) electrons. The molecule has 0 amide bonds. The van der Waals surface area contributed by atoms with E-state index in [0.29, 0.717) is 6.61 Å². The van der Waals surface area contributed by atoms with Gasteiger partial charge in [0.25, 0.3) is 0 Å². The van der Waals surface area contributed by atoms with Gasteiger partial charge in [-0.3, -0.25) is 4.79 Å². The molecule has 0 saturated carbocycles. The van der Waals surface area contributed by atoms with E-state index in [9.17, 15) is 14.7 Å². The average molecular weight is 531 g/mol. The van der Waals surface area contributed by atoms with E-state index >= 15 is 0 Å². The molecule has 0 fully saturated rings. The number of aliphatic hydroxyl groups is 1. The minimum Gasteiger partial charge on any atom is -0.466 e. The second kappa shape index (κ2) is 25.9. The maximum Gasteiger partial charge on any atom is 0.338 e. The van der Waals surface area contributed by atoms with Gasteiger partial charge in [0, 0.05) is 0 Å². The molecule has 0 aliphatic carbocycles. The Morgan fingerprint density at radius 3 is 1.36 bits per heavy atom. The lowest BCUT2D eigenvalue weighted by atomic mass is 9.96. The summed E-state index contributed by atoms with van der Waals surface area (Å²) >= 11 is 4.14. The highest BCUT2D eigenvalue weighted by molar-refractivity contribution is 7.80. The lowest BCUT2D eigenvalue weighted by Crippen LogP contribution is -2.43. The fourth-order valence-electron chi connectivity index (χ4n) is 4.40. The maximum absolute atomic E-state index is 12.5. The van der Waals surface area contributed by atoms with Crippen LogP contribution in [0.1, 0.15) is 155 Å². The molecule has 0 rings (SSSR count). The third-order valence-corrected chi connectivity index (χ3v) is 7.06. The van der Waals surface area contributed by atoms with Crippen molar-refractivity contribution in [3.63, 3.8) is 0 Å². The number of rotatable bonds is 27. The number of carbonyl (C=O) groups is 2. The molecular weight excluding hydrogens is 472 g/mol. The van der Waals surface area contributed by atoms with E-state index in [-0.39, 0.29) is 25.2 Å². The summed E-state index contributed by atoms with van der Waals surface area (Å²) in [6, 6.07) is 0. The highest BCUT2D eigenvalue weighted by atomic mass is 32.1. The van der Waals surface area contributed by atoms with Gasteiger partial charge in [-0.05, 0) is 25.0 Å². The minimum absolute atomic E-state index is 0.0698.